The van der Waals surface area contributed by atoms with Crippen molar-refractivity contribution in [3.63, 3.8) is 0 Å². The summed E-state index contributed by atoms with van der Waals surface area (Å²) in [6, 6.07) is 0. The first-order valence-corrected chi connectivity index (χ1v) is 3.77. The minimum absolute atomic E-state index is 1.17. The van der Waals surface area contributed by atoms with E-state index >= 15 is 0 Å². The summed E-state index contributed by atoms with van der Waals surface area (Å²) in [4.78, 5) is 6.09. The maximum Gasteiger partial charge on any atom is 0.0569 e. The fraction of sp³-hybridized carbons (Fsp3) is 0.750. The van der Waals surface area contributed by atoms with Gasteiger partial charge in [0.05, 0.1) is 7.11 Å². The van der Waals surface area contributed by atoms with Crippen molar-refractivity contribution in [2.75, 3.05) is 27.2 Å². The standard InChI is InChI=1S/C7H13N.CH5NO/c1-7-4-3-5-8(2)6-7;1-3-2/h4H,3,5-6H2,1-2H3;2H2,1H3. The molecule has 0 aromatic rings. The Hall–Kier alpha value is -0.380. The second-order valence-electron chi connectivity index (χ2n) is 2.81. The van der Waals surface area contributed by atoms with Gasteiger partial charge in [0.1, 0.15) is 0 Å². The summed E-state index contributed by atoms with van der Waals surface area (Å²) in [5, 5.41) is 0. The molecule has 0 saturated heterocycles. The zero-order chi connectivity index (χ0) is 8.69. The van der Waals surface area contributed by atoms with Crippen LogP contribution in [0.15, 0.2) is 11.6 Å². The zero-order valence-corrected chi connectivity index (χ0v) is 7.63. The smallest absolute Gasteiger partial charge is 0.0569 e. The number of hydrogen-bond donors (Lipinski definition) is 1. The normalized spacial score (nSPS) is 18.4. The summed E-state index contributed by atoms with van der Waals surface area (Å²) < 4.78 is 0. The van der Waals surface area contributed by atoms with Gasteiger partial charge in [-0.05, 0) is 20.4 Å². The predicted molar refractivity (Wildman–Crippen MR) is 47.1 cm³/mol. The Balaban J connectivity index is 0.000000292. The van der Waals surface area contributed by atoms with Crippen LogP contribution in [0, 0.1) is 0 Å². The van der Waals surface area contributed by atoms with Crippen LogP contribution in [0.2, 0.25) is 0 Å². The van der Waals surface area contributed by atoms with Gasteiger partial charge in [0.25, 0.3) is 0 Å². The molecule has 11 heavy (non-hydrogen) atoms. The van der Waals surface area contributed by atoms with Crippen molar-refractivity contribution in [1.82, 2.24) is 4.90 Å². The van der Waals surface area contributed by atoms with Crippen molar-refractivity contribution in [3.05, 3.63) is 11.6 Å². The quantitative estimate of drug-likeness (QED) is 0.418. The van der Waals surface area contributed by atoms with Crippen molar-refractivity contribution >= 4 is 0 Å². The van der Waals surface area contributed by atoms with Crippen LogP contribution in [-0.4, -0.2) is 32.1 Å². The van der Waals surface area contributed by atoms with E-state index in [0.717, 1.165) is 0 Å². The molecule has 0 saturated carbocycles. The minimum atomic E-state index is 1.17. The molecule has 0 aromatic heterocycles. The monoisotopic (exact) mass is 158 g/mol. The van der Waals surface area contributed by atoms with Crippen molar-refractivity contribution in [2.45, 2.75) is 13.3 Å². The molecule has 1 aliphatic heterocycles. The molecule has 1 rings (SSSR count). The molecule has 2 N–H and O–H groups in total. The van der Waals surface area contributed by atoms with Crippen LogP contribution in [-0.2, 0) is 4.84 Å². The first kappa shape index (κ1) is 10.6. The highest BCUT2D eigenvalue weighted by Gasteiger charge is 2.02. The summed E-state index contributed by atoms with van der Waals surface area (Å²) in [5.74, 6) is 4.35. The minimum Gasteiger partial charge on any atom is -0.308 e. The van der Waals surface area contributed by atoms with Gasteiger partial charge in [-0.15, -0.1) is 0 Å². The van der Waals surface area contributed by atoms with E-state index < -0.39 is 0 Å². The first-order chi connectivity index (χ1) is 5.20. The first-order valence-electron chi connectivity index (χ1n) is 3.77. The van der Waals surface area contributed by atoms with E-state index in [-0.39, 0.29) is 0 Å². The van der Waals surface area contributed by atoms with Crippen molar-refractivity contribution < 1.29 is 4.84 Å². The summed E-state index contributed by atoms with van der Waals surface area (Å²) in [6.07, 6.45) is 3.56. The third-order valence-electron chi connectivity index (χ3n) is 1.52. The molecule has 1 heterocycles. The molecule has 0 aliphatic carbocycles. The fourth-order valence-corrected chi connectivity index (χ4v) is 1.10. The van der Waals surface area contributed by atoms with Crippen LogP contribution in [0.3, 0.4) is 0 Å². The Labute approximate surface area is 68.8 Å². The van der Waals surface area contributed by atoms with Gasteiger partial charge < -0.3 is 9.74 Å². The molecule has 3 heteroatoms. The molecule has 1 aliphatic rings. The summed E-state index contributed by atoms with van der Waals surface area (Å²) in [7, 11) is 3.57. The van der Waals surface area contributed by atoms with Crippen LogP contribution in [0.4, 0.5) is 0 Å². The largest absolute Gasteiger partial charge is 0.308 e. The number of nitrogens with zero attached hydrogens (tertiary/aromatic N) is 1. The van der Waals surface area contributed by atoms with Crippen LogP contribution >= 0.6 is 0 Å². The van der Waals surface area contributed by atoms with Crippen LogP contribution in [0.1, 0.15) is 13.3 Å². The average Bonchev–Trinajstić information content (AvgIpc) is 1.88. The molecule has 3 nitrogen and oxygen atoms in total. The van der Waals surface area contributed by atoms with Gasteiger partial charge in [-0.1, -0.05) is 11.6 Å². The third-order valence-corrected chi connectivity index (χ3v) is 1.52. The van der Waals surface area contributed by atoms with Crippen molar-refractivity contribution in [2.24, 2.45) is 5.90 Å². The Morgan fingerprint density at radius 3 is 2.45 bits per heavy atom. The predicted octanol–water partition coefficient (Wildman–Crippen LogP) is 0.775. The molecule has 0 aromatic carbocycles. The molecular weight excluding hydrogens is 140 g/mol. The second kappa shape index (κ2) is 6.34. The molecule has 0 amide bonds. The van der Waals surface area contributed by atoms with Gasteiger partial charge in [-0.2, -0.15) is 0 Å². The van der Waals surface area contributed by atoms with E-state index in [1.54, 1.807) is 0 Å². The SMILES string of the molecule is CC1=CCCN(C)C1.CON. The molecule has 0 atom stereocenters. The van der Waals surface area contributed by atoms with E-state index in [4.69, 9.17) is 0 Å². The lowest BCUT2D eigenvalue weighted by molar-refractivity contribution is 0.206. The Morgan fingerprint density at radius 1 is 1.64 bits per heavy atom. The number of rotatable bonds is 0. The van der Waals surface area contributed by atoms with E-state index in [1.165, 1.54) is 32.2 Å². The van der Waals surface area contributed by atoms with E-state index in [2.05, 4.69) is 35.7 Å². The highest BCUT2D eigenvalue weighted by molar-refractivity contribution is 5.03. The van der Waals surface area contributed by atoms with E-state index in [1.807, 2.05) is 0 Å². The third kappa shape index (κ3) is 6.04. The van der Waals surface area contributed by atoms with Gasteiger partial charge >= 0.3 is 0 Å². The van der Waals surface area contributed by atoms with Crippen LogP contribution in [0.5, 0.6) is 0 Å². The molecule has 0 bridgehead atoms. The highest BCUT2D eigenvalue weighted by Crippen LogP contribution is 2.04. The highest BCUT2D eigenvalue weighted by atomic mass is 16.6. The van der Waals surface area contributed by atoms with Crippen LogP contribution in [0.25, 0.3) is 0 Å². The van der Waals surface area contributed by atoms with Gasteiger partial charge in [0.2, 0.25) is 0 Å². The number of likely N-dealkylation sites (N-methyl/N-ethyl adjacent to an activating group) is 1. The van der Waals surface area contributed by atoms with Gasteiger partial charge in [-0.3, -0.25) is 0 Å². The lowest BCUT2D eigenvalue weighted by Gasteiger charge is -2.20. The average molecular weight is 158 g/mol. The maximum absolute atomic E-state index is 4.35. The van der Waals surface area contributed by atoms with Crippen LogP contribution < -0.4 is 5.90 Å². The molecule has 0 radical (unpaired) electrons. The molecule has 66 valence electrons. The topological polar surface area (TPSA) is 38.5 Å². The summed E-state index contributed by atoms with van der Waals surface area (Å²) >= 11 is 0. The maximum atomic E-state index is 4.35. The number of nitrogens with two attached hydrogens (primary N) is 1. The lowest BCUT2D eigenvalue weighted by Crippen LogP contribution is -2.24. The van der Waals surface area contributed by atoms with E-state index in [9.17, 15) is 0 Å². The molecule has 0 spiro atoms. The van der Waals surface area contributed by atoms with Gasteiger partial charge in [-0.25, -0.2) is 5.90 Å². The Bertz CT molecular complexity index is 123. The lowest BCUT2D eigenvalue weighted by atomic mass is 10.2. The molecule has 0 fully saturated rings. The second-order valence-corrected chi connectivity index (χ2v) is 2.81. The van der Waals surface area contributed by atoms with Gasteiger partial charge in [0, 0.05) is 13.1 Å². The van der Waals surface area contributed by atoms with Gasteiger partial charge in [0.15, 0.2) is 0 Å². The summed E-state index contributed by atoms with van der Waals surface area (Å²) in [5.41, 5.74) is 1.51. The Kier molecular flexibility index (Phi) is 6.12. The number of hydrogen-bond acceptors (Lipinski definition) is 3. The zero-order valence-electron chi connectivity index (χ0n) is 7.63. The molecule has 0 unspecified atom stereocenters. The van der Waals surface area contributed by atoms with E-state index in [0.29, 0.717) is 0 Å². The van der Waals surface area contributed by atoms with Crippen molar-refractivity contribution in [1.29, 1.82) is 0 Å². The molecular formula is C8H18N2O. The van der Waals surface area contributed by atoms with Crippen molar-refractivity contribution in [3.8, 4) is 0 Å². The fourth-order valence-electron chi connectivity index (χ4n) is 1.10. The summed E-state index contributed by atoms with van der Waals surface area (Å²) in [6.45, 7) is 4.59. The Morgan fingerprint density at radius 2 is 2.18 bits per heavy atom.